The third kappa shape index (κ3) is 7.57. The molecule has 1 N–H and O–H groups in total. The van der Waals surface area contributed by atoms with Gasteiger partial charge in [-0.3, -0.25) is 9.89 Å². The maximum atomic E-state index is 12.6. The van der Waals surface area contributed by atoms with Gasteiger partial charge in [-0.15, -0.1) is 24.0 Å². The molecule has 0 aliphatic carbocycles. The molecule has 0 amide bonds. The van der Waals surface area contributed by atoms with Crippen LogP contribution in [-0.2, 0) is 15.8 Å². The highest BCUT2D eigenvalue weighted by Crippen LogP contribution is 2.17. The van der Waals surface area contributed by atoms with Gasteiger partial charge in [0.2, 0.25) is 10.0 Å². The third-order valence-electron chi connectivity index (χ3n) is 6.01. The molecule has 1 unspecified atom stereocenters. The molecule has 2 saturated heterocycles. The van der Waals surface area contributed by atoms with Crippen LogP contribution >= 0.6 is 24.0 Å². The van der Waals surface area contributed by atoms with E-state index >= 15 is 0 Å². The van der Waals surface area contributed by atoms with Crippen molar-refractivity contribution in [2.45, 2.75) is 50.8 Å². The van der Waals surface area contributed by atoms with Crippen LogP contribution in [0.3, 0.4) is 0 Å². The Kier molecular flexibility index (Phi) is 11.0. The molecule has 3 rings (SSSR count). The molecule has 31 heavy (non-hydrogen) atoms. The Hall–Kier alpha value is -0.920. The van der Waals surface area contributed by atoms with Crippen molar-refractivity contribution in [1.82, 2.24) is 24.6 Å². The van der Waals surface area contributed by atoms with Crippen molar-refractivity contribution in [3.05, 3.63) is 18.0 Å². The number of nitrogens with one attached hydrogen (secondary N) is 1. The van der Waals surface area contributed by atoms with Crippen LogP contribution in [0.1, 0.15) is 44.7 Å². The average molecular weight is 569 g/mol. The summed E-state index contributed by atoms with van der Waals surface area (Å²) in [5.41, 5.74) is 0.440. The van der Waals surface area contributed by atoms with Gasteiger partial charge in [-0.25, -0.2) is 8.42 Å². The highest BCUT2D eigenvalue weighted by atomic mass is 127. The Morgan fingerprint density at radius 3 is 2.68 bits per heavy atom. The number of piperidine rings is 1. The first-order valence-electron chi connectivity index (χ1n) is 11.1. The second-order valence-electron chi connectivity index (χ2n) is 8.10. The van der Waals surface area contributed by atoms with Crippen molar-refractivity contribution in [3.8, 4) is 0 Å². The molecule has 0 radical (unpaired) electrons. The number of halogens is 1. The van der Waals surface area contributed by atoms with Gasteiger partial charge in [0.15, 0.2) is 5.96 Å². The molecule has 3 heterocycles. The van der Waals surface area contributed by atoms with Crippen LogP contribution < -0.4 is 5.32 Å². The summed E-state index contributed by atoms with van der Waals surface area (Å²) in [4.78, 5) is 9.22. The van der Waals surface area contributed by atoms with E-state index in [-0.39, 0.29) is 29.7 Å². The minimum Gasteiger partial charge on any atom is -0.364 e. The van der Waals surface area contributed by atoms with Crippen molar-refractivity contribution in [3.63, 3.8) is 0 Å². The summed E-state index contributed by atoms with van der Waals surface area (Å²) in [7, 11) is -1.59. The molecule has 0 bridgehead atoms. The largest absolute Gasteiger partial charge is 0.364 e. The van der Waals surface area contributed by atoms with Crippen LogP contribution in [0.5, 0.6) is 0 Å². The van der Waals surface area contributed by atoms with Crippen LogP contribution in [-0.4, -0.2) is 92.5 Å². The van der Waals surface area contributed by atoms with Crippen molar-refractivity contribution < 1.29 is 12.9 Å². The highest BCUT2D eigenvalue weighted by molar-refractivity contribution is 14.0. The lowest BCUT2D eigenvalue weighted by Crippen LogP contribution is -2.55. The zero-order valence-electron chi connectivity index (χ0n) is 18.7. The molecular weight excluding hydrogens is 531 g/mol. The van der Waals surface area contributed by atoms with Crippen molar-refractivity contribution in [1.29, 1.82) is 0 Å². The number of hydrogen-bond acceptors (Lipinski definition) is 6. The molecule has 1 aromatic heterocycles. The molecule has 178 valence electrons. The molecule has 2 fully saturated rings. The number of aromatic nitrogens is 1. The van der Waals surface area contributed by atoms with Gasteiger partial charge in [0.25, 0.3) is 0 Å². The minimum atomic E-state index is -3.39. The van der Waals surface area contributed by atoms with E-state index in [4.69, 9.17) is 4.52 Å². The van der Waals surface area contributed by atoms with Gasteiger partial charge in [-0.2, -0.15) is 4.31 Å². The van der Waals surface area contributed by atoms with E-state index in [1.165, 1.54) is 51.5 Å². The Morgan fingerprint density at radius 2 is 2.03 bits per heavy atom. The molecule has 0 aromatic carbocycles. The zero-order chi connectivity index (χ0) is 21.4. The van der Waals surface area contributed by atoms with Crippen molar-refractivity contribution >= 4 is 40.0 Å². The van der Waals surface area contributed by atoms with Crippen LogP contribution in [0.4, 0.5) is 0 Å². The summed E-state index contributed by atoms with van der Waals surface area (Å²) in [6.45, 7) is 7.64. The fourth-order valence-corrected chi connectivity index (χ4v) is 5.68. The first-order chi connectivity index (χ1) is 14.5. The normalized spacial score (nSPS) is 21.7. The summed E-state index contributed by atoms with van der Waals surface area (Å²) in [5.74, 6) is 0.746. The standard InChI is InChI=1S/C20H36N6O3S.HI/c1-3-4-9-24-10-6-5-7-19(24)16-22-20(21-2)25-11-13-26(14-12-25)30(27,28)17-18-8-15-29-23-18;/h8,15,19H,3-7,9-14,16-17H2,1-2H3,(H,21,22);1H. The van der Waals surface area contributed by atoms with Crippen molar-refractivity contribution in [2.75, 3.05) is 52.9 Å². The summed E-state index contributed by atoms with van der Waals surface area (Å²) in [6, 6.07) is 2.14. The molecule has 9 nitrogen and oxygen atoms in total. The fourth-order valence-electron chi connectivity index (χ4n) is 4.26. The number of nitrogens with zero attached hydrogens (tertiary/aromatic N) is 5. The SMILES string of the molecule is CCCCN1CCCCC1CNC(=NC)N1CCN(S(=O)(=O)Cc2ccon2)CC1.I. The number of likely N-dealkylation sites (tertiary alicyclic amines) is 1. The van der Waals surface area contributed by atoms with E-state index in [1.54, 1.807) is 17.4 Å². The van der Waals surface area contributed by atoms with E-state index in [0.717, 1.165) is 12.5 Å². The number of aliphatic imine (C=N–C) groups is 1. The van der Waals surface area contributed by atoms with Gasteiger partial charge < -0.3 is 14.7 Å². The van der Waals surface area contributed by atoms with Gasteiger partial charge in [-0.1, -0.05) is 24.9 Å². The monoisotopic (exact) mass is 568 g/mol. The van der Waals surface area contributed by atoms with Gasteiger partial charge in [0.1, 0.15) is 12.0 Å². The maximum Gasteiger partial charge on any atom is 0.220 e. The second kappa shape index (κ2) is 12.9. The first kappa shape index (κ1) is 26.3. The fraction of sp³-hybridized carbons (Fsp3) is 0.800. The second-order valence-corrected chi connectivity index (χ2v) is 10.1. The minimum absolute atomic E-state index is 0. The summed E-state index contributed by atoms with van der Waals surface area (Å²) in [6.07, 6.45) is 7.67. The Bertz CT molecular complexity index is 766. The van der Waals surface area contributed by atoms with Crippen LogP contribution in [0.25, 0.3) is 0 Å². The van der Waals surface area contributed by atoms with Crippen molar-refractivity contribution in [2.24, 2.45) is 4.99 Å². The Labute approximate surface area is 203 Å². The molecule has 2 aliphatic rings. The number of unbranched alkanes of at least 4 members (excludes halogenated alkanes) is 1. The van der Waals surface area contributed by atoms with E-state index in [0.29, 0.717) is 37.9 Å². The highest BCUT2D eigenvalue weighted by Gasteiger charge is 2.29. The predicted molar refractivity (Wildman–Crippen MR) is 133 cm³/mol. The lowest BCUT2D eigenvalue weighted by atomic mass is 10.0. The van der Waals surface area contributed by atoms with Crippen LogP contribution in [0.2, 0.25) is 0 Å². The Morgan fingerprint density at radius 1 is 1.26 bits per heavy atom. The predicted octanol–water partition coefficient (Wildman–Crippen LogP) is 1.97. The number of piperazine rings is 1. The number of rotatable bonds is 8. The summed E-state index contributed by atoms with van der Waals surface area (Å²) >= 11 is 0. The van der Waals surface area contributed by atoms with Gasteiger partial charge in [-0.05, 0) is 32.4 Å². The topological polar surface area (TPSA) is 94.3 Å². The molecule has 0 spiro atoms. The average Bonchev–Trinajstić information content (AvgIpc) is 3.26. The van der Waals surface area contributed by atoms with E-state index in [9.17, 15) is 8.42 Å². The molecule has 0 saturated carbocycles. The van der Waals surface area contributed by atoms with Gasteiger partial charge in [0, 0.05) is 51.9 Å². The van der Waals surface area contributed by atoms with Crippen LogP contribution in [0.15, 0.2) is 21.8 Å². The molecule has 11 heteroatoms. The third-order valence-corrected chi connectivity index (χ3v) is 7.82. The van der Waals surface area contributed by atoms with Gasteiger partial charge in [0.05, 0.1) is 5.69 Å². The summed E-state index contributed by atoms with van der Waals surface area (Å²) < 4.78 is 31.5. The molecule has 1 atom stereocenters. The number of sulfonamides is 1. The number of guanidine groups is 1. The van der Waals surface area contributed by atoms with E-state index in [1.807, 2.05) is 0 Å². The van der Waals surface area contributed by atoms with Crippen LogP contribution in [0, 0.1) is 0 Å². The lowest BCUT2D eigenvalue weighted by Gasteiger charge is -2.38. The number of hydrogen-bond donors (Lipinski definition) is 1. The zero-order valence-corrected chi connectivity index (χ0v) is 21.8. The summed E-state index contributed by atoms with van der Waals surface area (Å²) in [5, 5.41) is 7.27. The maximum absolute atomic E-state index is 12.6. The molecule has 1 aromatic rings. The lowest BCUT2D eigenvalue weighted by molar-refractivity contribution is 0.146. The quantitative estimate of drug-likeness (QED) is 0.291. The molecular formula is C20H37IN6O3S. The van der Waals surface area contributed by atoms with E-state index in [2.05, 4.69) is 32.2 Å². The molecule has 2 aliphatic heterocycles. The smallest absolute Gasteiger partial charge is 0.220 e. The van der Waals surface area contributed by atoms with Gasteiger partial charge >= 0.3 is 0 Å². The first-order valence-corrected chi connectivity index (χ1v) is 12.7. The Balaban J connectivity index is 0.00000341. The van der Waals surface area contributed by atoms with E-state index < -0.39 is 10.0 Å².